The average molecular weight is 375 g/mol. The van der Waals surface area contributed by atoms with Crippen molar-refractivity contribution in [1.29, 1.82) is 0 Å². The summed E-state index contributed by atoms with van der Waals surface area (Å²) in [5.41, 5.74) is -0.248. The molecule has 0 aliphatic heterocycles. The van der Waals surface area contributed by atoms with E-state index in [1.165, 1.54) is 0 Å². The van der Waals surface area contributed by atoms with Gasteiger partial charge in [-0.3, -0.25) is 9.78 Å². The van der Waals surface area contributed by atoms with E-state index in [1.807, 2.05) is 20.8 Å². The molecule has 0 aromatic carbocycles. The minimum absolute atomic E-state index is 0.248. The van der Waals surface area contributed by atoms with Crippen LogP contribution in [0.3, 0.4) is 0 Å². The molecule has 0 bridgehead atoms. The molecule has 0 amide bonds. The van der Waals surface area contributed by atoms with Gasteiger partial charge in [0.05, 0.1) is 5.92 Å². The molecule has 0 rings (SSSR count). The molecule has 0 saturated carbocycles. The van der Waals surface area contributed by atoms with Gasteiger partial charge < -0.3 is 0 Å². The van der Waals surface area contributed by atoms with E-state index in [2.05, 4.69) is 33.7 Å². The highest BCUT2D eigenvalue weighted by molar-refractivity contribution is 5.72. The Morgan fingerprint density at radius 1 is 0.769 bits per heavy atom. The number of unbranched alkanes of at least 4 members (excludes halogenated alkanes) is 7. The van der Waals surface area contributed by atoms with Crippen LogP contribution in [-0.4, -0.2) is 11.9 Å². The zero-order chi connectivity index (χ0) is 19.8. The van der Waals surface area contributed by atoms with Crippen molar-refractivity contribution >= 4 is 11.9 Å². The Morgan fingerprint density at radius 2 is 1.31 bits per heavy atom. The smallest absolute Gasteiger partial charge is 0.266 e. The standard InChI is InChI=1S/C20H38O6/c1-6-8-10-12-14-16-18(21)23-25-26-24-19(22)17(20(3,4)5)15-13-11-9-7-2/h17H,6-16H2,1-5H3. The van der Waals surface area contributed by atoms with Crippen molar-refractivity contribution in [2.45, 2.75) is 105 Å². The zero-order valence-electron chi connectivity index (χ0n) is 17.3. The molecule has 1 atom stereocenters. The molecule has 0 spiro atoms. The molecule has 0 saturated heterocycles. The maximum Gasteiger partial charge on any atom is 0.349 e. The van der Waals surface area contributed by atoms with Crippen LogP contribution < -0.4 is 0 Å². The summed E-state index contributed by atoms with van der Waals surface area (Å²) in [5, 5.41) is 8.58. The van der Waals surface area contributed by atoms with Crippen LogP contribution in [0.4, 0.5) is 0 Å². The van der Waals surface area contributed by atoms with E-state index < -0.39 is 11.9 Å². The summed E-state index contributed by atoms with van der Waals surface area (Å²) in [6, 6.07) is 0. The highest BCUT2D eigenvalue weighted by Crippen LogP contribution is 2.31. The van der Waals surface area contributed by atoms with Crippen LogP contribution in [0.15, 0.2) is 0 Å². The topological polar surface area (TPSA) is 71.1 Å². The third-order valence-electron chi connectivity index (χ3n) is 4.43. The van der Waals surface area contributed by atoms with Crippen LogP contribution in [0.5, 0.6) is 0 Å². The molecule has 0 fully saturated rings. The van der Waals surface area contributed by atoms with Crippen LogP contribution in [0.2, 0.25) is 0 Å². The van der Waals surface area contributed by atoms with Gasteiger partial charge in [-0.15, -0.1) is 0 Å². The maximum absolute atomic E-state index is 12.2. The molecule has 6 heteroatoms. The van der Waals surface area contributed by atoms with Gasteiger partial charge in [0.15, 0.2) is 0 Å². The maximum atomic E-state index is 12.2. The summed E-state index contributed by atoms with van der Waals surface area (Å²) in [4.78, 5) is 32.7. The van der Waals surface area contributed by atoms with Gasteiger partial charge in [0, 0.05) is 16.5 Å². The van der Waals surface area contributed by atoms with Gasteiger partial charge in [-0.05, 0) is 18.3 Å². The zero-order valence-corrected chi connectivity index (χ0v) is 17.3. The minimum atomic E-state index is -0.538. The molecule has 26 heavy (non-hydrogen) atoms. The Balaban J connectivity index is 3.98. The van der Waals surface area contributed by atoms with Crippen LogP contribution in [0.25, 0.3) is 0 Å². The van der Waals surface area contributed by atoms with Crippen molar-refractivity contribution in [3.63, 3.8) is 0 Å². The first-order valence-corrected chi connectivity index (χ1v) is 10.1. The van der Waals surface area contributed by atoms with Gasteiger partial charge in [0.25, 0.3) is 0 Å². The summed E-state index contributed by atoms with van der Waals surface area (Å²) in [7, 11) is 0. The second-order valence-electron chi connectivity index (χ2n) is 7.93. The number of rotatable bonds is 15. The van der Waals surface area contributed by atoms with Gasteiger partial charge in [-0.1, -0.05) is 86.0 Å². The van der Waals surface area contributed by atoms with Crippen molar-refractivity contribution in [3.05, 3.63) is 0 Å². The van der Waals surface area contributed by atoms with Crippen molar-refractivity contribution in [3.8, 4) is 0 Å². The second-order valence-corrected chi connectivity index (χ2v) is 7.93. The minimum Gasteiger partial charge on any atom is -0.266 e. The van der Waals surface area contributed by atoms with Gasteiger partial charge in [-0.25, -0.2) is 9.59 Å². The predicted molar refractivity (Wildman–Crippen MR) is 99.4 cm³/mol. The molecule has 0 radical (unpaired) electrons. The molecule has 6 nitrogen and oxygen atoms in total. The lowest BCUT2D eigenvalue weighted by molar-refractivity contribution is -0.601. The number of carbonyl (C=O) groups excluding carboxylic acids is 2. The molecule has 154 valence electrons. The molecule has 0 heterocycles. The molecule has 0 N–H and O–H groups in total. The summed E-state index contributed by atoms with van der Waals surface area (Å²) < 4.78 is 0. The lowest BCUT2D eigenvalue weighted by Gasteiger charge is -2.27. The van der Waals surface area contributed by atoms with Crippen LogP contribution >= 0.6 is 0 Å². The fourth-order valence-corrected chi connectivity index (χ4v) is 2.75. The van der Waals surface area contributed by atoms with Gasteiger partial charge in [-0.2, -0.15) is 0 Å². The molecule has 1 unspecified atom stereocenters. The monoisotopic (exact) mass is 374 g/mol. The summed E-state index contributed by atoms with van der Waals surface area (Å²) in [6.45, 7) is 10.2. The third kappa shape index (κ3) is 13.1. The average Bonchev–Trinajstić information content (AvgIpc) is 2.57. The lowest BCUT2D eigenvalue weighted by Crippen LogP contribution is -2.30. The Bertz CT molecular complexity index is 375. The van der Waals surface area contributed by atoms with Crippen LogP contribution in [0, 0.1) is 11.3 Å². The second kappa shape index (κ2) is 15.0. The highest BCUT2D eigenvalue weighted by atomic mass is 17.7. The van der Waals surface area contributed by atoms with Gasteiger partial charge in [0.1, 0.15) is 0 Å². The molecule has 0 aromatic heterocycles. The predicted octanol–water partition coefficient (Wildman–Crippen LogP) is 5.84. The Labute approximate surface area is 158 Å². The number of carbonyl (C=O) groups is 2. The normalized spacial score (nSPS) is 12.7. The number of hydrogen-bond donors (Lipinski definition) is 0. The fourth-order valence-electron chi connectivity index (χ4n) is 2.75. The largest absolute Gasteiger partial charge is 0.349 e. The van der Waals surface area contributed by atoms with Gasteiger partial charge >= 0.3 is 11.9 Å². The highest BCUT2D eigenvalue weighted by Gasteiger charge is 2.33. The van der Waals surface area contributed by atoms with E-state index in [4.69, 9.17) is 0 Å². The quantitative estimate of drug-likeness (QED) is 0.204. The van der Waals surface area contributed by atoms with Crippen molar-refractivity contribution in [2.75, 3.05) is 0 Å². The Morgan fingerprint density at radius 3 is 1.88 bits per heavy atom. The van der Waals surface area contributed by atoms with E-state index in [0.717, 1.165) is 64.2 Å². The lowest BCUT2D eigenvalue weighted by atomic mass is 9.78. The number of hydrogen-bond acceptors (Lipinski definition) is 6. The molecular formula is C20H38O6. The van der Waals surface area contributed by atoms with Crippen molar-refractivity contribution in [1.82, 2.24) is 0 Å². The first-order valence-electron chi connectivity index (χ1n) is 10.1. The molecule has 0 aliphatic carbocycles. The molecule has 0 aromatic rings. The van der Waals surface area contributed by atoms with E-state index in [1.54, 1.807) is 0 Å². The van der Waals surface area contributed by atoms with Crippen molar-refractivity contribution in [2.24, 2.45) is 11.3 Å². The fraction of sp³-hybridized carbons (Fsp3) is 0.900. The van der Waals surface area contributed by atoms with Crippen molar-refractivity contribution < 1.29 is 29.4 Å². The third-order valence-corrected chi connectivity index (χ3v) is 4.43. The molecule has 0 aliphatic rings. The summed E-state index contributed by atoms with van der Waals surface area (Å²) >= 11 is 0. The van der Waals surface area contributed by atoms with E-state index in [0.29, 0.717) is 0 Å². The Kier molecular flexibility index (Phi) is 14.3. The summed E-state index contributed by atoms with van der Waals surface area (Å²) in [6.07, 6.45) is 10.5. The van der Waals surface area contributed by atoms with Crippen LogP contribution in [0.1, 0.15) is 105 Å². The first-order chi connectivity index (χ1) is 12.3. The van der Waals surface area contributed by atoms with E-state index in [-0.39, 0.29) is 17.8 Å². The Hall–Kier alpha value is -1.14. The van der Waals surface area contributed by atoms with E-state index in [9.17, 15) is 9.59 Å². The van der Waals surface area contributed by atoms with E-state index >= 15 is 0 Å². The van der Waals surface area contributed by atoms with Gasteiger partial charge in [0.2, 0.25) is 0 Å². The summed E-state index contributed by atoms with van der Waals surface area (Å²) in [5.74, 6) is -1.36. The SMILES string of the molecule is CCCCCCCC(=O)OOOOC(=O)C(CCCCCC)C(C)(C)C. The van der Waals surface area contributed by atoms with Crippen LogP contribution in [-0.2, 0) is 29.4 Å². The molecular weight excluding hydrogens is 336 g/mol. The first kappa shape index (κ1) is 24.9.